The molecule has 0 aliphatic heterocycles. The lowest BCUT2D eigenvalue weighted by molar-refractivity contribution is 0.112. The van der Waals surface area contributed by atoms with Crippen LogP contribution in [-0.4, -0.2) is 16.4 Å². The average molecular weight is 219 g/mol. The quantitative estimate of drug-likeness (QED) is 0.790. The lowest BCUT2D eigenvalue weighted by Crippen LogP contribution is -1.81. The first-order valence-electron chi connectivity index (χ1n) is 4.42. The van der Waals surface area contributed by atoms with Gasteiger partial charge in [-0.15, -0.1) is 11.3 Å². The maximum Gasteiger partial charge on any atom is 0.178 e. The van der Waals surface area contributed by atoms with E-state index in [-0.39, 0.29) is 5.75 Å². The van der Waals surface area contributed by atoms with Gasteiger partial charge in [0.05, 0.1) is 5.69 Å². The van der Waals surface area contributed by atoms with Crippen LogP contribution < -0.4 is 0 Å². The van der Waals surface area contributed by atoms with Crippen molar-refractivity contribution in [1.82, 2.24) is 4.98 Å². The number of hydrogen-bond acceptors (Lipinski definition) is 4. The standard InChI is InChI=1S/C11H9NO2S/c1-7-11(12-10(6-13)15-7)8-3-2-4-9(14)5-8/h2-6,14H,1H3. The predicted octanol–water partition coefficient (Wildman–Crippen LogP) is 2.64. The molecule has 0 saturated heterocycles. The summed E-state index contributed by atoms with van der Waals surface area (Å²) in [4.78, 5) is 15.7. The third-order valence-corrected chi connectivity index (χ3v) is 2.93. The Hall–Kier alpha value is -1.68. The lowest BCUT2D eigenvalue weighted by atomic mass is 10.1. The third kappa shape index (κ3) is 1.89. The number of nitrogens with zero attached hydrogens (tertiary/aromatic N) is 1. The maximum absolute atomic E-state index is 10.6. The number of benzene rings is 1. The van der Waals surface area contributed by atoms with E-state index in [4.69, 9.17) is 0 Å². The molecule has 0 aliphatic rings. The fourth-order valence-corrected chi connectivity index (χ4v) is 2.15. The van der Waals surface area contributed by atoms with Crippen molar-refractivity contribution < 1.29 is 9.90 Å². The van der Waals surface area contributed by atoms with Crippen LogP contribution in [0.5, 0.6) is 5.75 Å². The Balaban J connectivity index is 2.53. The first-order valence-corrected chi connectivity index (χ1v) is 5.24. The molecule has 1 heterocycles. The molecule has 0 unspecified atom stereocenters. The molecule has 1 aromatic heterocycles. The smallest absolute Gasteiger partial charge is 0.178 e. The monoisotopic (exact) mass is 219 g/mol. The number of carbonyl (C=O) groups excluding carboxylic acids is 1. The number of aldehydes is 1. The number of phenols is 1. The van der Waals surface area contributed by atoms with Crippen LogP contribution in [0.2, 0.25) is 0 Å². The highest BCUT2D eigenvalue weighted by Gasteiger charge is 2.09. The maximum atomic E-state index is 10.6. The highest BCUT2D eigenvalue weighted by atomic mass is 32.1. The minimum atomic E-state index is 0.201. The molecule has 4 heteroatoms. The predicted molar refractivity (Wildman–Crippen MR) is 59.3 cm³/mol. The molecule has 76 valence electrons. The van der Waals surface area contributed by atoms with Gasteiger partial charge in [-0.25, -0.2) is 4.98 Å². The first-order chi connectivity index (χ1) is 7.20. The highest BCUT2D eigenvalue weighted by molar-refractivity contribution is 7.13. The molecule has 0 aliphatic carbocycles. The van der Waals surface area contributed by atoms with Crippen molar-refractivity contribution in [2.24, 2.45) is 0 Å². The molecule has 0 atom stereocenters. The number of thiazole rings is 1. The number of aryl methyl sites for hydroxylation is 1. The van der Waals surface area contributed by atoms with Gasteiger partial charge in [-0.2, -0.15) is 0 Å². The first kappa shape index (κ1) is 9.86. The molecular formula is C11H9NO2S. The zero-order chi connectivity index (χ0) is 10.8. The van der Waals surface area contributed by atoms with Crippen LogP contribution in [0.4, 0.5) is 0 Å². The Morgan fingerprint density at radius 3 is 2.87 bits per heavy atom. The zero-order valence-corrected chi connectivity index (χ0v) is 8.91. The van der Waals surface area contributed by atoms with Gasteiger partial charge >= 0.3 is 0 Å². The van der Waals surface area contributed by atoms with E-state index in [1.165, 1.54) is 11.3 Å². The van der Waals surface area contributed by atoms with Gasteiger partial charge in [-0.3, -0.25) is 4.79 Å². The van der Waals surface area contributed by atoms with Crippen LogP contribution in [0.15, 0.2) is 24.3 Å². The van der Waals surface area contributed by atoms with Gasteiger partial charge in [0.25, 0.3) is 0 Å². The fourth-order valence-electron chi connectivity index (χ4n) is 1.39. The van der Waals surface area contributed by atoms with E-state index in [2.05, 4.69) is 4.98 Å². The van der Waals surface area contributed by atoms with Crippen molar-refractivity contribution in [2.45, 2.75) is 6.92 Å². The summed E-state index contributed by atoms with van der Waals surface area (Å²) in [7, 11) is 0. The topological polar surface area (TPSA) is 50.2 Å². The molecular weight excluding hydrogens is 210 g/mol. The minimum Gasteiger partial charge on any atom is -0.508 e. The van der Waals surface area contributed by atoms with Crippen LogP contribution in [0.3, 0.4) is 0 Å². The van der Waals surface area contributed by atoms with Crippen LogP contribution in [0.25, 0.3) is 11.3 Å². The van der Waals surface area contributed by atoms with E-state index in [1.807, 2.05) is 13.0 Å². The summed E-state index contributed by atoms with van der Waals surface area (Å²) in [6.07, 6.45) is 0.740. The van der Waals surface area contributed by atoms with Gasteiger partial charge in [0, 0.05) is 10.4 Å². The second-order valence-corrected chi connectivity index (χ2v) is 4.36. The molecule has 0 saturated carbocycles. The van der Waals surface area contributed by atoms with Crippen molar-refractivity contribution in [3.63, 3.8) is 0 Å². The van der Waals surface area contributed by atoms with Gasteiger partial charge in [0.2, 0.25) is 0 Å². The van der Waals surface area contributed by atoms with Gasteiger partial charge in [-0.1, -0.05) is 12.1 Å². The Morgan fingerprint density at radius 2 is 2.27 bits per heavy atom. The lowest BCUT2D eigenvalue weighted by Gasteiger charge is -1.98. The van der Waals surface area contributed by atoms with Crippen molar-refractivity contribution in [3.8, 4) is 17.0 Å². The molecule has 1 N–H and O–H groups in total. The Bertz CT molecular complexity index is 505. The molecule has 0 spiro atoms. The summed E-state index contributed by atoms with van der Waals surface area (Å²) < 4.78 is 0. The summed E-state index contributed by atoms with van der Waals surface area (Å²) in [6.45, 7) is 1.91. The Labute approximate surface area is 91.0 Å². The van der Waals surface area contributed by atoms with E-state index >= 15 is 0 Å². The molecule has 0 bridgehead atoms. The van der Waals surface area contributed by atoms with Gasteiger partial charge < -0.3 is 5.11 Å². The second kappa shape index (κ2) is 3.82. The summed E-state index contributed by atoms with van der Waals surface area (Å²) in [5, 5.41) is 9.80. The molecule has 3 nitrogen and oxygen atoms in total. The third-order valence-electron chi connectivity index (χ3n) is 2.03. The SMILES string of the molecule is Cc1sc(C=O)nc1-c1cccc(O)c1. The van der Waals surface area contributed by atoms with Gasteiger partial charge in [0.1, 0.15) is 5.75 Å². The molecule has 2 rings (SSSR count). The Morgan fingerprint density at radius 1 is 1.47 bits per heavy atom. The van der Waals surface area contributed by atoms with Gasteiger partial charge in [0.15, 0.2) is 11.3 Å². The van der Waals surface area contributed by atoms with Crippen LogP contribution in [0, 0.1) is 6.92 Å². The molecule has 1 aromatic carbocycles. The number of hydrogen-bond donors (Lipinski definition) is 1. The van der Waals surface area contributed by atoms with E-state index in [0.717, 1.165) is 22.4 Å². The van der Waals surface area contributed by atoms with E-state index < -0.39 is 0 Å². The molecule has 0 fully saturated rings. The van der Waals surface area contributed by atoms with E-state index in [9.17, 15) is 9.90 Å². The molecule has 0 amide bonds. The van der Waals surface area contributed by atoms with Crippen molar-refractivity contribution >= 4 is 17.6 Å². The largest absolute Gasteiger partial charge is 0.508 e. The minimum absolute atomic E-state index is 0.201. The Kier molecular flexibility index (Phi) is 2.51. The van der Waals surface area contributed by atoms with Crippen molar-refractivity contribution in [1.29, 1.82) is 0 Å². The second-order valence-electron chi connectivity index (χ2n) is 3.13. The van der Waals surface area contributed by atoms with Gasteiger partial charge in [-0.05, 0) is 19.1 Å². The number of aromatic nitrogens is 1. The molecule has 2 aromatic rings. The zero-order valence-electron chi connectivity index (χ0n) is 8.10. The van der Waals surface area contributed by atoms with Crippen molar-refractivity contribution in [3.05, 3.63) is 34.2 Å². The van der Waals surface area contributed by atoms with Crippen molar-refractivity contribution in [2.75, 3.05) is 0 Å². The number of rotatable bonds is 2. The van der Waals surface area contributed by atoms with Crippen LogP contribution >= 0.6 is 11.3 Å². The summed E-state index contributed by atoms with van der Waals surface area (Å²) in [6, 6.07) is 6.85. The summed E-state index contributed by atoms with van der Waals surface area (Å²) >= 11 is 1.35. The summed E-state index contributed by atoms with van der Waals surface area (Å²) in [5.41, 5.74) is 1.59. The number of carbonyl (C=O) groups is 1. The normalized spacial score (nSPS) is 10.2. The van der Waals surface area contributed by atoms with Crippen LogP contribution in [0.1, 0.15) is 14.7 Å². The highest BCUT2D eigenvalue weighted by Crippen LogP contribution is 2.28. The molecule has 0 radical (unpaired) electrons. The van der Waals surface area contributed by atoms with E-state index in [1.54, 1.807) is 18.2 Å². The summed E-state index contributed by atoms with van der Waals surface area (Å²) in [5.74, 6) is 0.201. The molecule has 15 heavy (non-hydrogen) atoms. The average Bonchev–Trinajstić information content (AvgIpc) is 2.60. The van der Waals surface area contributed by atoms with E-state index in [0.29, 0.717) is 5.01 Å². The fraction of sp³-hybridized carbons (Fsp3) is 0.0909. The number of phenolic OH excluding ortho intramolecular Hbond substituents is 1. The number of aromatic hydroxyl groups is 1. The van der Waals surface area contributed by atoms with Crippen LogP contribution in [-0.2, 0) is 0 Å².